The number of rotatable bonds is 2. The van der Waals surface area contributed by atoms with Gasteiger partial charge in [0.15, 0.2) is 5.78 Å². The summed E-state index contributed by atoms with van der Waals surface area (Å²) >= 11 is 0. The molecule has 0 bridgehead atoms. The summed E-state index contributed by atoms with van der Waals surface area (Å²) in [6.07, 6.45) is 0. The average molecular weight is 246 g/mol. The summed E-state index contributed by atoms with van der Waals surface area (Å²) in [6, 6.07) is 6.76. The molecule has 0 spiro atoms. The summed E-state index contributed by atoms with van der Waals surface area (Å²) in [5.74, 6) is -0.314. The largest absolute Gasteiger partial charge is 0.335 e. The van der Waals surface area contributed by atoms with Crippen LogP contribution < -0.4 is 4.90 Å². The van der Waals surface area contributed by atoms with Crippen molar-refractivity contribution in [2.75, 3.05) is 25.0 Å². The van der Waals surface area contributed by atoms with E-state index in [1.165, 1.54) is 16.7 Å². The number of hydrogen-bond acceptors (Lipinski definition) is 3. The fourth-order valence-electron chi connectivity index (χ4n) is 1.85. The third-order valence-corrected chi connectivity index (χ3v) is 2.96. The number of amides is 2. The number of benzene rings is 1. The van der Waals surface area contributed by atoms with Gasteiger partial charge in [-0.1, -0.05) is 12.1 Å². The molecule has 94 valence electrons. The van der Waals surface area contributed by atoms with Gasteiger partial charge in [0, 0.05) is 18.3 Å². The van der Waals surface area contributed by atoms with Crippen LogP contribution in [-0.2, 0) is 9.59 Å². The highest BCUT2D eigenvalue weighted by Gasteiger charge is 2.28. The molecule has 5 heteroatoms. The Morgan fingerprint density at radius 2 is 1.89 bits per heavy atom. The van der Waals surface area contributed by atoms with E-state index < -0.39 is 0 Å². The number of carbonyl (C=O) groups is 3. The zero-order valence-electron chi connectivity index (χ0n) is 10.3. The van der Waals surface area contributed by atoms with Crippen LogP contribution in [0.3, 0.4) is 0 Å². The number of Topliss-reactive ketones (excluding diaryl/α,β-unsaturated/α-hetero) is 1. The predicted octanol–water partition coefficient (Wildman–Crippen LogP) is 0.694. The molecule has 1 aromatic carbocycles. The predicted molar refractivity (Wildman–Crippen MR) is 66.4 cm³/mol. The van der Waals surface area contributed by atoms with Crippen LogP contribution in [0.25, 0.3) is 0 Å². The van der Waals surface area contributed by atoms with Crippen molar-refractivity contribution >= 4 is 23.3 Å². The van der Waals surface area contributed by atoms with Gasteiger partial charge in [0.1, 0.15) is 6.54 Å². The zero-order valence-corrected chi connectivity index (χ0v) is 10.3. The van der Waals surface area contributed by atoms with E-state index in [4.69, 9.17) is 0 Å². The van der Waals surface area contributed by atoms with Crippen LogP contribution in [0.1, 0.15) is 17.3 Å². The molecule has 1 aromatic rings. The van der Waals surface area contributed by atoms with Crippen LogP contribution in [0.5, 0.6) is 0 Å². The van der Waals surface area contributed by atoms with Gasteiger partial charge in [0.25, 0.3) is 0 Å². The molecule has 18 heavy (non-hydrogen) atoms. The minimum Gasteiger partial charge on any atom is -0.335 e. The van der Waals surface area contributed by atoms with Crippen molar-refractivity contribution in [2.45, 2.75) is 6.92 Å². The standard InChI is InChI=1S/C13H14N2O3/c1-9(16)10-4-3-5-11(6-10)15-8-12(17)14(2)7-13(15)18/h3-6H,7-8H2,1-2H3. The molecule has 0 N–H and O–H groups in total. The minimum atomic E-state index is -0.141. The Morgan fingerprint density at radius 3 is 2.56 bits per heavy atom. The fourth-order valence-corrected chi connectivity index (χ4v) is 1.85. The van der Waals surface area contributed by atoms with Gasteiger partial charge in [-0.3, -0.25) is 14.4 Å². The van der Waals surface area contributed by atoms with Gasteiger partial charge in [-0.05, 0) is 19.1 Å². The second-order valence-corrected chi connectivity index (χ2v) is 4.34. The molecular weight excluding hydrogens is 232 g/mol. The van der Waals surface area contributed by atoms with E-state index in [2.05, 4.69) is 0 Å². The number of carbonyl (C=O) groups excluding carboxylic acids is 3. The van der Waals surface area contributed by atoms with Gasteiger partial charge in [-0.2, -0.15) is 0 Å². The topological polar surface area (TPSA) is 57.7 Å². The summed E-state index contributed by atoms with van der Waals surface area (Å²) in [7, 11) is 1.60. The fraction of sp³-hybridized carbons (Fsp3) is 0.308. The van der Waals surface area contributed by atoms with Crippen molar-refractivity contribution in [3.63, 3.8) is 0 Å². The number of piperazine rings is 1. The van der Waals surface area contributed by atoms with Crippen LogP contribution in [0.4, 0.5) is 5.69 Å². The molecule has 0 aromatic heterocycles. The minimum absolute atomic E-state index is 0.0245. The van der Waals surface area contributed by atoms with Gasteiger partial charge in [-0.25, -0.2) is 0 Å². The van der Waals surface area contributed by atoms with Gasteiger partial charge in [0.05, 0.1) is 6.54 Å². The first-order valence-corrected chi connectivity index (χ1v) is 5.64. The highest BCUT2D eigenvalue weighted by atomic mass is 16.2. The molecule has 0 atom stereocenters. The quantitative estimate of drug-likeness (QED) is 0.721. The van der Waals surface area contributed by atoms with E-state index in [0.29, 0.717) is 11.3 Å². The first-order chi connectivity index (χ1) is 8.49. The SMILES string of the molecule is CC(=O)c1cccc(N2CC(=O)N(C)CC2=O)c1. The molecule has 0 radical (unpaired) electrons. The van der Waals surface area contributed by atoms with Crippen LogP contribution in [-0.4, -0.2) is 42.6 Å². The summed E-state index contributed by atoms with van der Waals surface area (Å²) < 4.78 is 0. The van der Waals surface area contributed by atoms with Crippen LogP contribution in [0.15, 0.2) is 24.3 Å². The molecular formula is C13H14N2O3. The lowest BCUT2D eigenvalue weighted by atomic mass is 10.1. The van der Waals surface area contributed by atoms with Crippen LogP contribution in [0.2, 0.25) is 0 Å². The summed E-state index contributed by atoms with van der Waals surface area (Å²) in [5.41, 5.74) is 1.13. The Balaban J connectivity index is 2.31. The van der Waals surface area contributed by atoms with Gasteiger partial charge < -0.3 is 9.80 Å². The van der Waals surface area contributed by atoms with E-state index in [0.717, 1.165) is 0 Å². The number of hydrogen-bond donors (Lipinski definition) is 0. The highest BCUT2D eigenvalue weighted by Crippen LogP contribution is 2.19. The molecule has 2 amide bonds. The van der Waals surface area contributed by atoms with Gasteiger partial charge in [-0.15, -0.1) is 0 Å². The first-order valence-electron chi connectivity index (χ1n) is 5.64. The van der Waals surface area contributed by atoms with Crippen molar-refractivity contribution in [2.24, 2.45) is 0 Å². The summed E-state index contributed by atoms with van der Waals surface area (Å²) in [4.78, 5) is 37.6. The van der Waals surface area contributed by atoms with Crippen molar-refractivity contribution < 1.29 is 14.4 Å². The Labute approximate surface area is 105 Å². The highest BCUT2D eigenvalue weighted by molar-refractivity contribution is 6.05. The smallest absolute Gasteiger partial charge is 0.247 e. The molecule has 1 aliphatic rings. The maximum atomic E-state index is 11.9. The first kappa shape index (κ1) is 12.3. The van der Waals surface area contributed by atoms with E-state index >= 15 is 0 Å². The van der Waals surface area contributed by atoms with Crippen LogP contribution in [0, 0.1) is 0 Å². The molecule has 1 aliphatic heterocycles. The van der Waals surface area contributed by atoms with Gasteiger partial charge in [0.2, 0.25) is 11.8 Å². The Morgan fingerprint density at radius 1 is 1.17 bits per heavy atom. The number of anilines is 1. The van der Waals surface area contributed by atoms with Crippen molar-refractivity contribution in [1.82, 2.24) is 4.90 Å². The molecule has 5 nitrogen and oxygen atoms in total. The van der Waals surface area contributed by atoms with Gasteiger partial charge >= 0.3 is 0 Å². The zero-order chi connectivity index (χ0) is 13.3. The molecule has 1 fully saturated rings. The number of ketones is 1. The van der Waals surface area contributed by atoms with E-state index in [-0.39, 0.29) is 30.7 Å². The lowest BCUT2D eigenvalue weighted by Gasteiger charge is -2.31. The molecule has 0 saturated carbocycles. The van der Waals surface area contributed by atoms with E-state index in [9.17, 15) is 14.4 Å². The molecule has 1 heterocycles. The van der Waals surface area contributed by atoms with E-state index in [1.807, 2.05) is 0 Å². The monoisotopic (exact) mass is 246 g/mol. The Bertz CT molecular complexity index is 525. The second-order valence-electron chi connectivity index (χ2n) is 4.34. The maximum Gasteiger partial charge on any atom is 0.247 e. The average Bonchev–Trinajstić information content (AvgIpc) is 2.34. The van der Waals surface area contributed by atoms with Crippen molar-refractivity contribution in [3.8, 4) is 0 Å². The summed E-state index contributed by atoms with van der Waals surface area (Å²) in [6.45, 7) is 1.57. The van der Waals surface area contributed by atoms with Crippen molar-refractivity contribution in [3.05, 3.63) is 29.8 Å². The Hall–Kier alpha value is -2.17. The molecule has 0 unspecified atom stereocenters. The van der Waals surface area contributed by atoms with Crippen molar-refractivity contribution in [1.29, 1.82) is 0 Å². The third-order valence-electron chi connectivity index (χ3n) is 2.96. The number of likely N-dealkylation sites (N-methyl/N-ethyl adjacent to an activating group) is 1. The van der Waals surface area contributed by atoms with E-state index in [1.54, 1.807) is 31.3 Å². The summed E-state index contributed by atoms with van der Waals surface area (Å²) in [5, 5.41) is 0. The van der Waals surface area contributed by atoms with Crippen LogP contribution >= 0.6 is 0 Å². The molecule has 0 aliphatic carbocycles. The molecule has 1 saturated heterocycles. The lowest BCUT2D eigenvalue weighted by molar-refractivity contribution is -0.136. The molecule has 2 rings (SSSR count). The third kappa shape index (κ3) is 2.25. The lowest BCUT2D eigenvalue weighted by Crippen LogP contribution is -2.52. The Kier molecular flexibility index (Phi) is 3.14. The normalized spacial score (nSPS) is 16.1. The maximum absolute atomic E-state index is 11.9. The second kappa shape index (κ2) is 4.60. The number of nitrogens with zero attached hydrogens (tertiary/aromatic N) is 2.